The van der Waals surface area contributed by atoms with Gasteiger partial charge in [-0.25, -0.2) is 4.39 Å². The largest absolute Gasteiger partial charge is 0.481 e. The van der Waals surface area contributed by atoms with Gasteiger partial charge in [-0.1, -0.05) is 20.4 Å². The average Bonchev–Trinajstić information content (AvgIpc) is 2.73. The number of carboxylic acid groups (broad SMARTS) is 1. The fourth-order valence-corrected chi connectivity index (χ4v) is 5.44. The van der Waals surface area contributed by atoms with Gasteiger partial charge in [0, 0.05) is 22.3 Å². The Balaban J connectivity index is 2.61. The average molecular weight is 608 g/mol. The first-order valence-corrected chi connectivity index (χ1v) is 12.8. The quantitative estimate of drug-likeness (QED) is 0.321. The van der Waals surface area contributed by atoms with E-state index in [1.54, 1.807) is 19.1 Å². The Hall–Kier alpha value is -2.75. The summed E-state index contributed by atoms with van der Waals surface area (Å²) in [7, 11) is 0. The molecule has 0 bridgehead atoms. The highest BCUT2D eigenvalue weighted by molar-refractivity contribution is 14.1. The van der Waals surface area contributed by atoms with Crippen LogP contribution in [-0.4, -0.2) is 33.8 Å². The normalized spacial score (nSPS) is 12.7. The summed E-state index contributed by atoms with van der Waals surface area (Å²) in [6.45, 7) is 14.4. The number of nitrogens with one attached hydrogen (secondary N) is 1. The van der Waals surface area contributed by atoms with E-state index in [0.29, 0.717) is 12.0 Å². The molecule has 8 heteroatoms. The van der Waals surface area contributed by atoms with Crippen molar-refractivity contribution in [3.8, 4) is 11.1 Å². The first-order valence-electron chi connectivity index (χ1n) is 11.8. The molecule has 0 radical (unpaired) electrons. The Labute approximate surface area is 226 Å². The Morgan fingerprint density at radius 3 is 2.17 bits per heavy atom. The number of carbonyl (C=O) groups is 3. The summed E-state index contributed by atoms with van der Waals surface area (Å²) in [6.07, 6.45) is 1.10. The van der Waals surface area contributed by atoms with Crippen molar-refractivity contribution in [3.63, 3.8) is 0 Å². The molecule has 2 atom stereocenters. The van der Waals surface area contributed by atoms with E-state index in [-0.39, 0.29) is 17.4 Å². The van der Waals surface area contributed by atoms with Gasteiger partial charge in [-0.05, 0) is 108 Å². The molecule has 2 rings (SSSR count). The number of aliphatic carboxylic acids is 1. The van der Waals surface area contributed by atoms with Crippen LogP contribution in [0.2, 0.25) is 0 Å². The van der Waals surface area contributed by atoms with E-state index in [1.807, 2.05) is 39.8 Å². The maximum absolute atomic E-state index is 15.5. The van der Waals surface area contributed by atoms with Crippen LogP contribution in [0.4, 0.5) is 4.39 Å². The molecule has 0 aliphatic rings. The molecule has 0 aliphatic heterocycles. The zero-order chi connectivity index (χ0) is 27.3. The summed E-state index contributed by atoms with van der Waals surface area (Å²) in [6, 6.07) is 5.37. The number of hydrogen-bond acceptors (Lipinski definition) is 3. The van der Waals surface area contributed by atoms with Gasteiger partial charge >= 0.3 is 5.97 Å². The van der Waals surface area contributed by atoms with Gasteiger partial charge in [0.15, 0.2) is 0 Å². The molecular weight excluding hydrogens is 574 g/mol. The summed E-state index contributed by atoms with van der Waals surface area (Å²) < 4.78 is 16.5. The van der Waals surface area contributed by atoms with Gasteiger partial charge in [0.25, 0.3) is 0 Å². The molecule has 0 aliphatic carbocycles. The summed E-state index contributed by atoms with van der Waals surface area (Å²) >= 11 is 2.24. The number of carboxylic acids is 1. The van der Waals surface area contributed by atoms with Crippen molar-refractivity contribution in [3.05, 3.63) is 68.7 Å². The second-order valence-corrected chi connectivity index (χ2v) is 10.8. The van der Waals surface area contributed by atoms with Crippen molar-refractivity contribution in [1.82, 2.24) is 10.2 Å². The number of rotatable bonds is 10. The molecule has 2 aromatic rings. The molecule has 2 aromatic carbocycles. The maximum Gasteiger partial charge on any atom is 0.305 e. The number of halogens is 2. The fourth-order valence-electron chi connectivity index (χ4n) is 4.51. The first kappa shape index (κ1) is 29.5. The summed E-state index contributed by atoms with van der Waals surface area (Å²) in [5.41, 5.74) is 4.14. The lowest BCUT2D eigenvalue weighted by molar-refractivity contribution is -0.139. The van der Waals surface area contributed by atoms with Crippen molar-refractivity contribution in [2.24, 2.45) is 5.92 Å². The molecule has 1 unspecified atom stereocenters. The van der Waals surface area contributed by atoms with E-state index >= 15 is 4.39 Å². The lowest BCUT2D eigenvalue weighted by atomic mass is 9.90. The van der Waals surface area contributed by atoms with Crippen LogP contribution in [-0.2, 0) is 14.4 Å². The lowest BCUT2D eigenvalue weighted by Crippen LogP contribution is -2.48. The van der Waals surface area contributed by atoms with Crippen LogP contribution in [0.1, 0.15) is 61.9 Å². The lowest BCUT2D eigenvalue weighted by Gasteiger charge is -2.30. The van der Waals surface area contributed by atoms with E-state index in [1.165, 1.54) is 18.0 Å². The zero-order valence-electron chi connectivity index (χ0n) is 21.6. The third kappa shape index (κ3) is 7.15. The number of amides is 2. The number of nitrogens with zero attached hydrogens (tertiary/aromatic N) is 1. The molecule has 194 valence electrons. The van der Waals surface area contributed by atoms with Gasteiger partial charge in [-0.2, -0.15) is 0 Å². The molecule has 0 fully saturated rings. The standard InChI is InChI=1S/C28H34FIN2O4/c1-8-32(19(7)33)24(9-15(2)3)28(36)31-23(14-25(34)35)22-13-20(10-18(6)27(22)29)26-16(4)11-21(30)12-17(26)5/h8,10-13,15,23-24H,1,9,14H2,2-7H3,(H,31,36)(H,34,35)/t23-,24?/m0/s1. The van der Waals surface area contributed by atoms with Crippen LogP contribution in [0.5, 0.6) is 0 Å². The predicted octanol–water partition coefficient (Wildman–Crippen LogP) is 6.06. The van der Waals surface area contributed by atoms with E-state index in [4.69, 9.17) is 0 Å². The molecular formula is C28H34FIN2O4. The van der Waals surface area contributed by atoms with Crippen LogP contribution in [0.15, 0.2) is 37.0 Å². The van der Waals surface area contributed by atoms with Crippen molar-refractivity contribution in [2.75, 3.05) is 0 Å². The van der Waals surface area contributed by atoms with Crippen LogP contribution >= 0.6 is 22.6 Å². The zero-order valence-corrected chi connectivity index (χ0v) is 23.8. The minimum Gasteiger partial charge on any atom is -0.481 e. The topological polar surface area (TPSA) is 86.7 Å². The van der Waals surface area contributed by atoms with Gasteiger partial charge in [0.1, 0.15) is 11.9 Å². The van der Waals surface area contributed by atoms with E-state index in [0.717, 1.165) is 25.8 Å². The highest BCUT2D eigenvalue weighted by atomic mass is 127. The second kappa shape index (κ2) is 12.5. The molecule has 0 aromatic heterocycles. The predicted molar refractivity (Wildman–Crippen MR) is 148 cm³/mol. The van der Waals surface area contributed by atoms with Crippen LogP contribution < -0.4 is 5.32 Å². The highest BCUT2D eigenvalue weighted by Crippen LogP contribution is 2.34. The SMILES string of the molecule is C=CN(C(C)=O)C(CC(C)C)C(=O)N[C@@H](CC(=O)O)c1cc(-c2c(C)cc(I)cc2C)cc(C)c1F. The minimum atomic E-state index is -1.18. The van der Waals surface area contributed by atoms with Gasteiger partial charge in [0.05, 0.1) is 12.5 Å². The smallest absolute Gasteiger partial charge is 0.305 e. The van der Waals surface area contributed by atoms with E-state index in [2.05, 4.69) is 34.5 Å². The van der Waals surface area contributed by atoms with E-state index < -0.39 is 36.2 Å². The number of aryl methyl sites for hydroxylation is 3. The van der Waals surface area contributed by atoms with Gasteiger partial charge in [-0.15, -0.1) is 0 Å². The number of hydrogen-bond donors (Lipinski definition) is 2. The summed E-state index contributed by atoms with van der Waals surface area (Å²) in [4.78, 5) is 38.5. The maximum atomic E-state index is 15.5. The second-order valence-electron chi connectivity index (χ2n) is 9.52. The number of carbonyl (C=O) groups excluding carboxylic acids is 2. The van der Waals surface area contributed by atoms with Gasteiger partial charge in [0.2, 0.25) is 11.8 Å². The summed E-state index contributed by atoms with van der Waals surface area (Å²) in [5.74, 6) is -2.62. The first-order chi connectivity index (χ1) is 16.8. The van der Waals surface area contributed by atoms with E-state index in [9.17, 15) is 19.5 Å². The summed E-state index contributed by atoms with van der Waals surface area (Å²) in [5, 5.41) is 12.3. The van der Waals surface area contributed by atoms with Crippen LogP contribution in [0, 0.1) is 36.1 Å². The molecule has 0 saturated carbocycles. The Morgan fingerprint density at radius 2 is 1.69 bits per heavy atom. The Bertz CT molecular complexity index is 1160. The van der Waals surface area contributed by atoms with Gasteiger partial charge < -0.3 is 15.3 Å². The van der Waals surface area contributed by atoms with Crippen molar-refractivity contribution in [1.29, 1.82) is 0 Å². The molecule has 2 amide bonds. The third-order valence-corrected chi connectivity index (χ3v) is 6.66. The van der Waals surface area contributed by atoms with Crippen LogP contribution in [0.3, 0.4) is 0 Å². The van der Waals surface area contributed by atoms with Gasteiger partial charge in [-0.3, -0.25) is 14.4 Å². The molecule has 36 heavy (non-hydrogen) atoms. The number of benzene rings is 2. The van der Waals surface area contributed by atoms with Crippen molar-refractivity contribution >= 4 is 40.4 Å². The van der Waals surface area contributed by atoms with Crippen molar-refractivity contribution < 1.29 is 23.9 Å². The van der Waals surface area contributed by atoms with Crippen LogP contribution in [0.25, 0.3) is 11.1 Å². The highest BCUT2D eigenvalue weighted by Gasteiger charge is 2.31. The Kier molecular flexibility index (Phi) is 10.2. The third-order valence-electron chi connectivity index (χ3n) is 6.03. The molecule has 2 N–H and O–H groups in total. The molecule has 0 spiro atoms. The fraction of sp³-hybridized carbons (Fsp3) is 0.393. The van der Waals surface area contributed by atoms with Crippen molar-refractivity contribution in [2.45, 2.75) is 66.5 Å². The molecule has 0 heterocycles. The molecule has 0 saturated heterocycles. The monoisotopic (exact) mass is 608 g/mol. The molecule has 6 nitrogen and oxygen atoms in total. The minimum absolute atomic E-state index is 0.0645. The Morgan fingerprint density at radius 1 is 1.11 bits per heavy atom.